The molecule has 0 unspecified atom stereocenters. The number of halogens is 1. The van der Waals surface area contributed by atoms with Gasteiger partial charge >= 0.3 is 11.9 Å². The molecule has 0 heterocycles. The highest BCUT2D eigenvalue weighted by molar-refractivity contribution is 7.89. The molecule has 0 aromatic heterocycles. The van der Waals surface area contributed by atoms with E-state index >= 15 is 0 Å². The molecule has 3 aromatic carbocycles. The Labute approximate surface area is 226 Å². The Morgan fingerprint density at radius 1 is 1.03 bits per heavy atom. The number of carboxylic acid groups (broad SMARTS) is 2. The highest BCUT2D eigenvalue weighted by atomic mass is 35.5. The van der Waals surface area contributed by atoms with Gasteiger partial charge in [0, 0.05) is 10.9 Å². The van der Waals surface area contributed by atoms with Crippen LogP contribution in [0.5, 0.6) is 5.75 Å². The topological polar surface area (TPSA) is 121 Å². The minimum absolute atomic E-state index is 0.0642. The lowest BCUT2D eigenvalue weighted by atomic mass is 10.1. The van der Waals surface area contributed by atoms with Crippen LogP contribution in [0, 0.1) is 5.92 Å². The van der Waals surface area contributed by atoms with Crippen LogP contribution in [0.1, 0.15) is 31.7 Å². The predicted octanol–water partition coefficient (Wildman–Crippen LogP) is 5.13. The molecule has 2 N–H and O–H groups in total. The minimum Gasteiger partial charge on any atom is -0.493 e. The van der Waals surface area contributed by atoms with Crippen molar-refractivity contribution < 1.29 is 33.0 Å². The number of carbonyl (C=O) groups is 2. The summed E-state index contributed by atoms with van der Waals surface area (Å²) in [6, 6.07) is 19.7. The van der Waals surface area contributed by atoms with Crippen molar-refractivity contribution in [2.45, 2.75) is 36.6 Å². The van der Waals surface area contributed by atoms with Crippen molar-refractivity contribution in [1.82, 2.24) is 4.31 Å². The summed E-state index contributed by atoms with van der Waals surface area (Å²) in [5.41, 5.74) is 0.158. The second-order valence-corrected chi connectivity index (χ2v) is 12.0. The summed E-state index contributed by atoms with van der Waals surface area (Å²) in [4.78, 5) is 24.2. The van der Waals surface area contributed by atoms with Crippen LogP contribution in [0.15, 0.2) is 77.7 Å². The molecule has 38 heavy (non-hydrogen) atoms. The van der Waals surface area contributed by atoms with Gasteiger partial charge < -0.3 is 14.9 Å². The van der Waals surface area contributed by atoms with Crippen molar-refractivity contribution in [2.24, 2.45) is 5.92 Å². The van der Waals surface area contributed by atoms with Crippen LogP contribution < -0.4 is 4.74 Å². The minimum atomic E-state index is -4.50. The Kier molecular flexibility index (Phi) is 7.83. The van der Waals surface area contributed by atoms with Gasteiger partial charge in [-0.1, -0.05) is 61.8 Å². The quantitative estimate of drug-likeness (QED) is 0.335. The maximum atomic E-state index is 13.7. The van der Waals surface area contributed by atoms with Crippen LogP contribution in [-0.2, 0) is 19.6 Å². The lowest BCUT2D eigenvalue weighted by molar-refractivity contribution is -0.145. The predicted molar refractivity (Wildman–Crippen MR) is 143 cm³/mol. The smallest absolute Gasteiger partial charge is 0.325 e. The Morgan fingerprint density at radius 3 is 2.18 bits per heavy atom. The van der Waals surface area contributed by atoms with Gasteiger partial charge in [0.25, 0.3) is 0 Å². The fourth-order valence-corrected chi connectivity index (χ4v) is 6.35. The molecular weight excluding hydrogens is 530 g/mol. The number of ether oxygens (including phenoxy) is 1. The average molecular weight is 558 g/mol. The SMILES string of the molecule is CC(C)COc1cccc([C@@H]2C[C@@]2(C(=O)O)N(CC(=O)O)S(=O)(=O)c2ccc(-c3ccc(Cl)cc3)cc2)c1. The molecule has 1 saturated carbocycles. The molecule has 0 bridgehead atoms. The fraction of sp³-hybridized carbons (Fsp3) is 0.286. The number of hydrogen-bond donors (Lipinski definition) is 2. The largest absolute Gasteiger partial charge is 0.493 e. The van der Waals surface area contributed by atoms with Gasteiger partial charge in [0.15, 0.2) is 0 Å². The molecule has 1 aliphatic rings. The van der Waals surface area contributed by atoms with E-state index in [2.05, 4.69) is 0 Å². The van der Waals surface area contributed by atoms with Crippen molar-refractivity contribution in [3.8, 4) is 16.9 Å². The van der Waals surface area contributed by atoms with E-state index in [1.807, 2.05) is 13.8 Å². The van der Waals surface area contributed by atoms with Gasteiger partial charge in [0.1, 0.15) is 17.8 Å². The van der Waals surface area contributed by atoms with Crippen LogP contribution >= 0.6 is 11.6 Å². The number of carboxylic acids is 2. The van der Waals surface area contributed by atoms with Gasteiger partial charge in [-0.3, -0.25) is 9.59 Å². The lowest BCUT2D eigenvalue weighted by Gasteiger charge is -2.28. The number of sulfonamides is 1. The molecule has 10 heteroatoms. The Balaban J connectivity index is 1.69. The Morgan fingerprint density at radius 2 is 1.63 bits per heavy atom. The third-order valence-corrected chi connectivity index (χ3v) is 8.64. The molecule has 4 rings (SSSR count). The summed E-state index contributed by atoms with van der Waals surface area (Å²) in [7, 11) is -4.50. The van der Waals surface area contributed by atoms with Crippen LogP contribution in [0.4, 0.5) is 0 Å². The standard InChI is InChI=1S/C28H28ClNO7S/c1-18(2)17-37-23-5-3-4-21(14-23)25-15-28(25,27(33)34)30(16-26(31)32)38(35,36)24-12-8-20(9-13-24)19-6-10-22(29)11-7-19/h3-14,18,25H,15-17H2,1-2H3,(H,31,32)(H,33,34)/t25-,28+/m0/s1. The van der Waals surface area contributed by atoms with E-state index in [-0.39, 0.29) is 17.2 Å². The molecule has 2 atom stereocenters. The maximum absolute atomic E-state index is 13.7. The van der Waals surface area contributed by atoms with E-state index in [4.69, 9.17) is 16.3 Å². The van der Waals surface area contributed by atoms with E-state index in [0.717, 1.165) is 11.1 Å². The molecule has 1 aliphatic carbocycles. The highest BCUT2D eigenvalue weighted by Gasteiger charge is 2.68. The average Bonchev–Trinajstić information content (AvgIpc) is 3.63. The molecule has 1 fully saturated rings. The summed E-state index contributed by atoms with van der Waals surface area (Å²) >= 11 is 5.94. The molecular formula is C28H28ClNO7S. The number of nitrogens with zero attached hydrogens (tertiary/aromatic N) is 1. The third kappa shape index (κ3) is 5.55. The number of hydrogen-bond acceptors (Lipinski definition) is 5. The second kappa shape index (κ2) is 10.8. The molecule has 0 aliphatic heterocycles. The zero-order valence-corrected chi connectivity index (χ0v) is 22.4. The van der Waals surface area contributed by atoms with E-state index in [1.54, 1.807) is 60.7 Å². The first-order chi connectivity index (χ1) is 17.9. The molecule has 0 saturated heterocycles. The number of aliphatic carboxylic acids is 2. The van der Waals surface area contributed by atoms with Crippen molar-refractivity contribution in [2.75, 3.05) is 13.2 Å². The molecule has 0 spiro atoms. The fourth-order valence-electron chi connectivity index (χ4n) is 4.50. The first kappa shape index (κ1) is 27.6. The first-order valence-corrected chi connectivity index (χ1v) is 13.8. The number of rotatable bonds is 11. The monoisotopic (exact) mass is 557 g/mol. The van der Waals surface area contributed by atoms with Gasteiger partial charge in [-0.15, -0.1) is 0 Å². The molecule has 0 radical (unpaired) electrons. The van der Waals surface area contributed by atoms with E-state index in [1.165, 1.54) is 12.1 Å². The van der Waals surface area contributed by atoms with Gasteiger partial charge in [0.2, 0.25) is 10.0 Å². The lowest BCUT2D eigenvalue weighted by Crippen LogP contribution is -2.50. The molecule has 0 amide bonds. The summed E-state index contributed by atoms with van der Waals surface area (Å²) < 4.78 is 33.8. The number of benzene rings is 3. The van der Waals surface area contributed by atoms with Crippen molar-refractivity contribution in [1.29, 1.82) is 0 Å². The molecule has 8 nitrogen and oxygen atoms in total. The van der Waals surface area contributed by atoms with Crippen molar-refractivity contribution in [3.05, 3.63) is 83.4 Å². The van der Waals surface area contributed by atoms with Crippen LogP contribution in [0.2, 0.25) is 5.02 Å². The van der Waals surface area contributed by atoms with Crippen molar-refractivity contribution in [3.63, 3.8) is 0 Å². The van der Waals surface area contributed by atoms with Crippen LogP contribution in [-0.4, -0.2) is 53.6 Å². The summed E-state index contributed by atoms with van der Waals surface area (Å²) in [6.45, 7) is 3.46. The first-order valence-electron chi connectivity index (χ1n) is 12.0. The Bertz CT molecular complexity index is 1440. The van der Waals surface area contributed by atoms with E-state index in [0.29, 0.717) is 27.2 Å². The van der Waals surface area contributed by atoms with Crippen LogP contribution in [0.25, 0.3) is 11.1 Å². The summed E-state index contributed by atoms with van der Waals surface area (Å²) in [5.74, 6) is -2.79. The van der Waals surface area contributed by atoms with Crippen LogP contribution in [0.3, 0.4) is 0 Å². The summed E-state index contributed by atoms with van der Waals surface area (Å²) in [5, 5.41) is 20.4. The van der Waals surface area contributed by atoms with Gasteiger partial charge in [0.05, 0.1) is 11.5 Å². The Hall–Kier alpha value is -3.40. The zero-order valence-electron chi connectivity index (χ0n) is 20.9. The van der Waals surface area contributed by atoms with Gasteiger partial charge in [-0.05, 0) is 65.4 Å². The molecule has 3 aromatic rings. The van der Waals surface area contributed by atoms with E-state index < -0.39 is 40.0 Å². The normalized spacial score (nSPS) is 18.9. The molecule has 200 valence electrons. The second-order valence-electron chi connectivity index (χ2n) is 9.70. The zero-order chi connectivity index (χ0) is 27.7. The summed E-state index contributed by atoms with van der Waals surface area (Å²) in [6.07, 6.45) is -0.0642. The highest BCUT2D eigenvalue weighted by Crippen LogP contribution is 2.57. The van der Waals surface area contributed by atoms with Crippen molar-refractivity contribution >= 4 is 33.6 Å². The van der Waals surface area contributed by atoms with Gasteiger partial charge in [-0.2, -0.15) is 4.31 Å². The van der Waals surface area contributed by atoms with E-state index in [9.17, 15) is 28.2 Å². The third-order valence-electron chi connectivity index (χ3n) is 6.49. The maximum Gasteiger partial charge on any atom is 0.325 e. The van der Waals surface area contributed by atoms with Gasteiger partial charge in [-0.25, -0.2) is 8.42 Å².